The van der Waals surface area contributed by atoms with E-state index >= 15 is 0 Å². The summed E-state index contributed by atoms with van der Waals surface area (Å²) in [7, 11) is 0. The largest absolute Gasteiger partial charge is 0.433 e. The number of amides is 2. The number of benzene rings is 1. The van der Waals surface area contributed by atoms with E-state index in [0.29, 0.717) is 6.42 Å². The number of aryl methyl sites for hydroxylation is 1. The fraction of sp³-hybridized carbons (Fsp3) is 0.267. The van der Waals surface area contributed by atoms with E-state index in [1.165, 1.54) is 0 Å². The van der Waals surface area contributed by atoms with Crippen LogP contribution < -0.4 is 10.6 Å². The Morgan fingerprint density at radius 3 is 2.56 bits per heavy atom. The van der Waals surface area contributed by atoms with Crippen LogP contribution in [-0.4, -0.2) is 20.9 Å². The Bertz CT molecular complexity index is 948. The van der Waals surface area contributed by atoms with Crippen molar-refractivity contribution in [3.63, 3.8) is 0 Å². The number of halogens is 4. The number of nitro benzene ring substituents is 1. The molecule has 0 spiro atoms. The van der Waals surface area contributed by atoms with Gasteiger partial charge in [-0.15, -0.1) is 0 Å². The standard InChI is InChI=1S/C15H11F4N5O3/c16-8-4-2-6-10(24(26)27)11(8)23(13(20)25)14-21-9-5-1-3-7(9)12(22-14)15(17,18)19/h2,4,6H,1,3,5H2,(H2,20,25). The Morgan fingerprint density at radius 1 is 1.26 bits per heavy atom. The van der Waals surface area contributed by atoms with Crippen LogP contribution in [0.25, 0.3) is 0 Å². The lowest BCUT2D eigenvalue weighted by Crippen LogP contribution is -2.35. The number of urea groups is 1. The maximum absolute atomic E-state index is 14.3. The molecule has 2 N–H and O–H groups in total. The number of anilines is 2. The van der Waals surface area contributed by atoms with E-state index in [1.54, 1.807) is 0 Å². The zero-order valence-corrected chi connectivity index (χ0v) is 13.5. The van der Waals surface area contributed by atoms with E-state index in [-0.39, 0.29) is 29.0 Å². The van der Waals surface area contributed by atoms with Gasteiger partial charge in [-0.3, -0.25) is 10.1 Å². The molecule has 1 aromatic heterocycles. The van der Waals surface area contributed by atoms with Crippen LogP contribution in [0.3, 0.4) is 0 Å². The first-order valence-electron chi connectivity index (χ1n) is 7.60. The third kappa shape index (κ3) is 3.25. The van der Waals surface area contributed by atoms with Gasteiger partial charge in [-0.1, -0.05) is 6.07 Å². The van der Waals surface area contributed by atoms with Crippen LogP contribution in [0.5, 0.6) is 0 Å². The van der Waals surface area contributed by atoms with Crippen LogP contribution in [0.1, 0.15) is 23.4 Å². The van der Waals surface area contributed by atoms with Gasteiger partial charge < -0.3 is 5.73 Å². The highest BCUT2D eigenvalue weighted by Gasteiger charge is 2.40. The van der Waals surface area contributed by atoms with E-state index in [4.69, 9.17) is 5.73 Å². The number of hydrogen-bond donors (Lipinski definition) is 1. The topological polar surface area (TPSA) is 115 Å². The summed E-state index contributed by atoms with van der Waals surface area (Å²) in [5.41, 5.74) is 2.04. The van der Waals surface area contributed by atoms with Gasteiger partial charge in [0.2, 0.25) is 5.95 Å². The molecule has 0 saturated carbocycles. The maximum Gasteiger partial charge on any atom is 0.433 e. The number of hydrogen-bond acceptors (Lipinski definition) is 5. The van der Waals surface area contributed by atoms with E-state index < -0.39 is 46.0 Å². The molecule has 1 aliphatic carbocycles. The molecule has 1 aromatic carbocycles. The number of para-hydroxylation sites is 1. The van der Waals surface area contributed by atoms with Crippen LogP contribution in [0.4, 0.5) is 39.7 Å². The van der Waals surface area contributed by atoms with Crippen molar-refractivity contribution in [2.75, 3.05) is 4.90 Å². The number of nitrogens with zero attached hydrogens (tertiary/aromatic N) is 4. The number of rotatable bonds is 3. The Kier molecular flexibility index (Phi) is 4.41. The quantitative estimate of drug-likeness (QED) is 0.495. The highest BCUT2D eigenvalue weighted by molar-refractivity contribution is 5.99. The molecule has 8 nitrogen and oxygen atoms in total. The summed E-state index contributed by atoms with van der Waals surface area (Å²) >= 11 is 0. The van der Waals surface area contributed by atoms with Crippen molar-refractivity contribution in [3.8, 4) is 0 Å². The highest BCUT2D eigenvalue weighted by Crippen LogP contribution is 2.39. The van der Waals surface area contributed by atoms with Gasteiger partial charge in [-0.05, 0) is 25.3 Å². The first-order chi connectivity index (χ1) is 12.6. The molecule has 3 rings (SSSR count). The molecule has 0 unspecified atom stereocenters. The summed E-state index contributed by atoms with van der Waals surface area (Å²) in [6.45, 7) is 0. The Hall–Kier alpha value is -3.31. The van der Waals surface area contributed by atoms with Gasteiger partial charge in [0, 0.05) is 17.3 Å². The molecule has 12 heteroatoms. The van der Waals surface area contributed by atoms with Gasteiger partial charge >= 0.3 is 12.2 Å². The van der Waals surface area contributed by atoms with E-state index in [9.17, 15) is 32.5 Å². The van der Waals surface area contributed by atoms with Crippen LogP contribution in [0.15, 0.2) is 18.2 Å². The van der Waals surface area contributed by atoms with Gasteiger partial charge in [0.15, 0.2) is 17.2 Å². The minimum atomic E-state index is -4.85. The number of carbonyl (C=O) groups is 1. The minimum Gasteiger partial charge on any atom is -0.351 e. The van der Waals surface area contributed by atoms with Crippen LogP contribution >= 0.6 is 0 Å². The molecular formula is C15H11F4N5O3. The van der Waals surface area contributed by atoms with Crippen molar-refractivity contribution in [1.82, 2.24) is 9.97 Å². The molecule has 142 valence electrons. The van der Waals surface area contributed by atoms with Gasteiger partial charge in [0.25, 0.3) is 5.69 Å². The van der Waals surface area contributed by atoms with Crippen LogP contribution in [0, 0.1) is 15.9 Å². The first-order valence-corrected chi connectivity index (χ1v) is 7.60. The number of primary amides is 1. The first kappa shape index (κ1) is 18.5. The fourth-order valence-corrected chi connectivity index (χ4v) is 2.94. The monoisotopic (exact) mass is 385 g/mol. The SMILES string of the molecule is NC(=O)N(c1nc2c(c(C(F)(F)F)n1)CCC2)c1c(F)cccc1[N+](=O)[O-]. The summed E-state index contributed by atoms with van der Waals surface area (Å²) in [6, 6.07) is 1.23. The second-order valence-electron chi connectivity index (χ2n) is 5.69. The minimum absolute atomic E-state index is 0.0394. The predicted octanol–water partition coefficient (Wildman–Crippen LogP) is 3.25. The zero-order valence-electron chi connectivity index (χ0n) is 13.5. The number of nitrogens with two attached hydrogens (primary N) is 1. The summed E-state index contributed by atoms with van der Waals surface area (Å²) < 4.78 is 54.4. The van der Waals surface area contributed by atoms with Crippen LogP contribution in [0.2, 0.25) is 0 Å². The normalized spacial score (nSPS) is 13.3. The second kappa shape index (κ2) is 6.45. The number of fused-ring (bicyclic) bond motifs is 1. The lowest BCUT2D eigenvalue weighted by Gasteiger charge is -2.21. The lowest BCUT2D eigenvalue weighted by atomic mass is 10.1. The van der Waals surface area contributed by atoms with Crippen molar-refractivity contribution in [2.45, 2.75) is 25.4 Å². The molecule has 1 heterocycles. The highest BCUT2D eigenvalue weighted by atomic mass is 19.4. The summed E-state index contributed by atoms with van der Waals surface area (Å²) in [5.74, 6) is -2.11. The van der Waals surface area contributed by atoms with E-state index in [1.807, 2.05) is 0 Å². The van der Waals surface area contributed by atoms with Crippen molar-refractivity contribution in [1.29, 1.82) is 0 Å². The molecule has 1 aliphatic rings. The molecule has 0 bridgehead atoms. The summed E-state index contributed by atoms with van der Waals surface area (Å²) in [5, 5.41) is 11.2. The smallest absolute Gasteiger partial charge is 0.351 e. The zero-order chi connectivity index (χ0) is 19.9. The molecule has 0 saturated heterocycles. The molecule has 2 aromatic rings. The van der Waals surface area contributed by atoms with Gasteiger partial charge in [0.1, 0.15) is 0 Å². The van der Waals surface area contributed by atoms with E-state index in [0.717, 1.165) is 18.2 Å². The number of aromatic nitrogens is 2. The number of carbonyl (C=O) groups excluding carboxylic acids is 1. The molecule has 27 heavy (non-hydrogen) atoms. The average molecular weight is 385 g/mol. The van der Waals surface area contributed by atoms with Gasteiger partial charge in [-0.25, -0.2) is 24.1 Å². The van der Waals surface area contributed by atoms with Crippen molar-refractivity contribution in [2.24, 2.45) is 5.73 Å². The summed E-state index contributed by atoms with van der Waals surface area (Å²) in [6.07, 6.45) is -4.16. The Labute approximate surface area is 148 Å². The Balaban J connectivity index is 2.28. The molecule has 0 atom stereocenters. The van der Waals surface area contributed by atoms with Gasteiger partial charge in [-0.2, -0.15) is 13.2 Å². The second-order valence-corrected chi connectivity index (χ2v) is 5.69. The third-order valence-corrected chi connectivity index (χ3v) is 4.00. The average Bonchev–Trinajstić information content (AvgIpc) is 3.02. The van der Waals surface area contributed by atoms with Crippen molar-refractivity contribution >= 4 is 23.4 Å². The van der Waals surface area contributed by atoms with Crippen molar-refractivity contribution in [3.05, 3.63) is 51.1 Å². The summed E-state index contributed by atoms with van der Waals surface area (Å²) in [4.78, 5) is 29.5. The number of nitro groups is 1. The molecule has 0 radical (unpaired) electrons. The molecule has 0 aliphatic heterocycles. The Morgan fingerprint density at radius 2 is 1.96 bits per heavy atom. The third-order valence-electron chi connectivity index (χ3n) is 4.00. The lowest BCUT2D eigenvalue weighted by molar-refractivity contribution is -0.384. The molecular weight excluding hydrogens is 374 g/mol. The maximum atomic E-state index is 14.3. The molecule has 2 amide bonds. The van der Waals surface area contributed by atoms with Gasteiger partial charge in [0.05, 0.1) is 4.92 Å². The predicted molar refractivity (Wildman–Crippen MR) is 83.8 cm³/mol. The van der Waals surface area contributed by atoms with E-state index in [2.05, 4.69) is 9.97 Å². The van der Waals surface area contributed by atoms with Crippen molar-refractivity contribution < 1.29 is 27.3 Å². The molecule has 0 fully saturated rings. The number of alkyl halides is 3. The van der Waals surface area contributed by atoms with Crippen LogP contribution in [-0.2, 0) is 19.0 Å². The fourth-order valence-electron chi connectivity index (χ4n) is 2.94.